The maximum Gasteiger partial charge on any atom is 0.265 e. The normalized spacial score (nSPS) is 12.0. The number of nitrogens with one attached hydrogen (secondary N) is 2. The molecule has 0 atom stereocenters. The van der Waals surface area contributed by atoms with E-state index >= 15 is 0 Å². The first kappa shape index (κ1) is 19.9. The van der Waals surface area contributed by atoms with Gasteiger partial charge in [-0.3, -0.25) is 14.1 Å². The number of aromatic nitrogens is 2. The van der Waals surface area contributed by atoms with E-state index in [-0.39, 0.29) is 9.79 Å². The van der Waals surface area contributed by atoms with Crippen molar-refractivity contribution in [1.82, 2.24) is 9.78 Å². The molecule has 0 aliphatic rings. The maximum absolute atomic E-state index is 12.5. The highest BCUT2D eigenvalue weighted by Gasteiger charge is 2.20. The van der Waals surface area contributed by atoms with Gasteiger partial charge in [-0.15, -0.1) is 0 Å². The zero-order valence-electron chi connectivity index (χ0n) is 15.5. The van der Waals surface area contributed by atoms with Crippen LogP contribution in [0.15, 0.2) is 64.5 Å². The van der Waals surface area contributed by atoms with Crippen LogP contribution < -0.4 is 9.44 Å². The van der Waals surface area contributed by atoms with Crippen molar-refractivity contribution in [2.24, 2.45) is 7.05 Å². The molecule has 2 N–H and O–H groups in total. The number of nitrogens with zero attached hydrogens (tertiary/aromatic N) is 2. The molecule has 1 heterocycles. The van der Waals surface area contributed by atoms with Crippen molar-refractivity contribution >= 4 is 31.4 Å². The highest BCUT2D eigenvalue weighted by molar-refractivity contribution is 7.93. The summed E-state index contributed by atoms with van der Waals surface area (Å²) >= 11 is 0. The smallest absolute Gasteiger partial charge is 0.265 e. The first-order valence-corrected chi connectivity index (χ1v) is 11.3. The Morgan fingerprint density at radius 3 is 1.75 bits per heavy atom. The van der Waals surface area contributed by atoms with E-state index in [1.807, 2.05) is 6.92 Å². The van der Waals surface area contributed by atoms with Gasteiger partial charge in [0.25, 0.3) is 20.0 Å². The second-order valence-corrected chi connectivity index (χ2v) is 9.69. The van der Waals surface area contributed by atoms with Crippen LogP contribution >= 0.6 is 0 Å². The van der Waals surface area contributed by atoms with Crippen molar-refractivity contribution < 1.29 is 16.8 Å². The van der Waals surface area contributed by atoms with E-state index in [2.05, 4.69) is 14.5 Å². The zero-order chi connectivity index (χ0) is 20.5. The molecule has 0 unspecified atom stereocenters. The topological polar surface area (TPSA) is 110 Å². The van der Waals surface area contributed by atoms with Crippen LogP contribution in [0, 0.1) is 13.8 Å². The largest absolute Gasteiger partial charge is 0.280 e. The van der Waals surface area contributed by atoms with Crippen molar-refractivity contribution in [2.75, 3.05) is 9.44 Å². The molecule has 0 amide bonds. The molecule has 3 aromatic rings. The van der Waals surface area contributed by atoms with Crippen LogP contribution in [-0.2, 0) is 27.1 Å². The first-order chi connectivity index (χ1) is 13.1. The first-order valence-electron chi connectivity index (χ1n) is 8.29. The predicted octanol–water partition coefficient (Wildman–Crippen LogP) is 2.64. The Labute approximate surface area is 164 Å². The van der Waals surface area contributed by atoms with Crippen LogP contribution in [0.25, 0.3) is 0 Å². The van der Waals surface area contributed by atoms with Gasteiger partial charge < -0.3 is 0 Å². The minimum atomic E-state index is -3.79. The van der Waals surface area contributed by atoms with Crippen LogP contribution in [0.4, 0.5) is 11.4 Å². The van der Waals surface area contributed by atoms with Crippen LogP contribution in [0.3, 0.4) is 0 Å². The third-order valence-electron chi connectivity index (χ3n) is 3.98. The van der Waals surface area contributed by atoms with Gasteiger partial charge in [0, 0.05) is 24.6 Å². The zero-order valence-corrected chi connectivity index (χ0v) is 17.2. The summed E-state index contributed by atoms with van der Waals surface area (Å²) in [7, 11) is -5.87. The second kappa shape index (κ2) is 7.28. The minimum Gasteiger partial charge on any atom is -0.280 e. The fourth-order valence-electron chi connectivity index (χ4n) is 2.59. The van der Waals surface area contributed by atoms with Crippen LogP contribution in [0.1, 0.15) is 11.3 Å². The van der Waals surface area contributed by atoms with E-state index in [1.165, 1.54) is 47.3 Å². The Bertz CT molecular complexity index is 1200. The lowest BCUT2D eigenvalue weighted by Crippen LogP contribution is -2.14. The van der Waals surface area contributed by atoms with Crippen molar-refractivity contribution in [3.8, 4) is 0 Å². The van der Waals surface area contributed by atoms with Crippen molar-refractivity contribution in [3.05, 3.63) is 66.0 Å². The Kier molecular flexibility index (Phi) is 5.18. The molecule has 10 heteroatoms. The van der Waals surface area contributed by atoms with Crippen LogP contribution in [0.5, 0.6) is 0 Å². The predicted molar refractivity (Wildman–Crippen MR) is 107 cm³/mol. The van der Waals surface area contributed by atoms with E-state index in [0.717, 1.165) is 5.56 Å². The van der Waals surface area contributed by atoms with Gasteiger partial charge in [0.15, 0.2) is 0 Å². The second-order valence-electron chi connectivity index (χ2n) is 6.35. The summed E-state index contributed by atoms with van der Waals surface area (Å²) in [6, 6.07) is 12.4. The summed E-state index contributed by atoms with van der Waals surface area (Å²) in [4.78, 5) is 0.231. The number of aryl methyl sites for hydroxylation is 3. The van der Waals surface area contributed by atoms with E-state index in [4.69, 9.17) is 0 Å². The molecule has 0 aliphatic carbocycles. The summed E-state index contributed by atoms with van der Waals surface area (Å²) in [6.45, 7) is 3.48. The highest BCUT2D eigenvalue weighted by atomic mass is 32.2. The van der Waals surface area contributed by atoms with Gasteiger partial charge in [0.1, 0.15) is 4.90 Å². The third kappa shape index (κ3) is 4.34. The van der Waals surface area contributed by atoms with Gasteiger partial charge in [-0.05, 0) is 50.2 Å². The Morgan fingerprint density at radius 1 is 0.786 bits per heavy atom. The molecule has 0 bridgehead atoms. The average Bonchev–Trinajstić information content (AvgIpc) is 2.96. The van der Waals surface area contributed by atoms with Gasteiger partial charge in [0.05, 0.1) is 10.6 Å². The van der Waals surface area contributed by atoms with Crippen molar-refractivity contribution in [3.63, 3.8) is 0 Å². The fraction of sp³-hybridized carbons (Fsp3) is 0.167. The lowest BCUT2D eigenvalue weighted by atomic mass is 10.2. The number of hydrogen-bond acceptors (Lipinski definition) is 5. The molecular weight excluding hydrogens is 400 g/mol. The van der Waals surface area contributed by atoms with Crippen molar-refractivity contribution in [2.45, 2.75) is 23.6 Å². The summed E-state index contributed by atoms with van der Waals surface area (Å²) < 4.78 is 56.2. The van der Waals surface area contributed by atoms with Gasteiger partial charge in [-0.25, -0.2) is 16.8 Å². The third-order valence-corrected chi connectivity index (χ3v) is 6.86. The number of anilines is 2. The molecule has 8 nitrogen and oxygen atoms in total. The van der Waals surface area contributed by atoms with Crippen molar-refractivity contribution in [1.29, 1.82) is 0 Å². The molecule has 148 valence electrons. The lowest BCUT2D eigenvalue weighted by molar-refractivity contribution is 0.599. The van der Waals surface area contributed by atoms with E-state index in [9.17, 15) is 16.8 Å². The molecule has 0 spiro atoms. The number of sulfonamides is 2. The molecule has 3 rings (SSSR count). The molecule has 0 radical (unpaired) electrons. The fourth-order valence-corrected chi connectivity index (χ4v) is 4.93. The molecule has 0 fully saturated rings. The lowest BCUT2D eigenvalue weighted by Gasteiger charge is -2.10. The van der Waals surface area contributed by atoms with E-state index in [1.54, 1.807) is 26.1 Å². The summed E-state index contributed by atoms with van der Waals surface area (Å²) in [6.07, 6.45) is 1.42. The standard InChI is InChI=1S/C18H20N4O4S2/c1-13-4-10-17(11-5-13)27(23,24)20-15-6-8-16(9-7-15)21-28(25,26)18-12-22(3)19-14(18)2/h4-12,20-21H,1-3H3. The van der Waals surface area contributed by atoms with Gasteiger partial charge in [-0.2, -0.15) is 5.10 Å². The molecular formula is C18H20N4O4S2. The van der Waals surface area contributed by atoms with Crippen LogP contribution in [0.2, 0.25) is 0 Å². The Morgan fingerprint density at radius 2 is 1.29 bits per heavy atom. The average molecular weight is 421 g/mol. The number of rotatable bonds is 6. The van der Waals surface area contributed by atoms with E-state index < -0.39 is 20.0 Å². The summed E-state index contributed by atoms with van der Waals surface area (Å²) in [5.41, 5.74) is 1.97. The Hall–Kier alpha value is -2.85. The maximum atomic E-state index is 12.5. The van der Waals surface area contributed by atoms with Gasteiger partial charge in [-0.1, -0.05) is 17.7 Å². The Balaban J connectivity index is 1.76. The minimum absolute atomic E-state index is 0.0825. The van der Waals surface area contributed by atoms with Gasteiger partial charge >= 0.3 is 0 Å². The molecule has 0 saturated heterocycles. The molecule has 1 aromatic heterocycles. The highest BCUT2D eigenvalue weighted by Crippen LogP contribution is 2.22. The molecule has 0 aliphatic heterocycles. The molecule has 2 aromatic carbocycles. The SMILES string of the molecule is Cc1ccc(S(=O)(=O)Nc2ccc(NS(=O)(=O)c3cn(C)nc3C)cc2)cc1. The quantitative estimate of drug-likeness (QED) is 0.637. The monoisotopic (exact) mass is 420 g/mol. The molecule has 0 saturated carbocycles. The summed E-state index contributed by atoms with van der Waals surface area (Å²) in [5, 5.41) is 4.03. The number of hydrogen-bond donors (Lipinski definition) is 2. The molecule has 28 heavy (non-hydrogen) atoms. The number of benzene rings is 2. The van der Waals surface area contributed by atoms with Gasteiger partial charge in [0.2, 0.25) is 0 Å². The van der Waals surface area contributed by atoms with E-state index in [0.29, 0.717) is 17.1 Å². The van der Waals surface area contributed by atoms with Crippen LogP contribution in [-0.4, -0.2) is 26.6 Å². The summed E-state index contributed by atoms with van der Waals surface area (Å²) in [5.74, 6) is 0.